The van der Waals surface area contributed by atoms with Gasteiger partial charge in [-0.1, -0.05) is 17.7 Å². The first-order valence-electron chi connectivity index (χ1n) is 6.93. The minimum Gasteiger partial charge on any atom is -0.378 e. The van der Waals surface area contributed by atoms with Crippen molar-refractivity contribution >= 4 is 11.6 Å². The van der Waals surface area contributed by atoms with Gasteiger partial charge in [0.15, 0.2) is 0 Å². The minimum absolute atomic E-state index is 0.0118. The molecule has 2 rings (SSSR count). The molecule has 104 valence electrons. The van der Waals surface area contributed by atoms with E-state index >= 15 is 0 Å². The number of hydrogen-bond donors (Lipinski definition) is 2. The normalized spacial score (nSPS) is 16.3. The monoisotopic (exact) mass is 262 g/mol. The summed E-state index contributed by atoms with van der Waals surface area (Å²) < 4.78 is 5.71. The summed E-state index contributed by atoms with van der Waals surface area (Å²) in [5.41, 5.74) is 2.03. The third kappa shape index (κ3) is 5.01. The van der Waals surface area contributed by atoms with E-state index < -0.39 is 0 Å². The number of anilines is 1. The highest BCUT2D eigenvalue weighted by atomic mass is 16.5. The Kier molecular flexibility index (Phi) is 5.36. The molecule has 0 bridgehead atoms. The molecule has 0 atom stereocenters. The van der Waals surface area contributed by atoms with Crippen molar-refractivity contribution in [2.75, 3.05) is 25.0 Å². The maximum atomic E-state index is 11.7. The van der Waals surface area contributed by atoms with Crippen LogP contribution in [0.25, 0.3) is 0 Å². The van der Waals surface area contributed by atoms with Gasteiger partial charge < -0.3 is 15.4 Å². The van der Waals surface area contributed by atoms with Gasteiger partial charge in [0, 0.05) is 5.69 Å². The second kappa shape index (κ2) is 7.26. The zero-order valence-corrected chi connectivity index (χ0v) is 11.4. The second-order valence-electron chi connectivity index (χ2n) is 4.98. The number of ether oxygens (including phenoxy) is 1. The smallest absolute Gasteiger partial charge is 0.226 e. The van der Waals surface area contributed by atoms with Crippen LogP contribution in [0, 0.1) is 6.92 Å². The van der Waals surface area contributed by atoms with Crippen LogP contribution in [-0.4, -0.2) is 31.7 Å². The van der Waals surface area contributed by atoms with Crippen molar-refractivity contribution in [3.8, 4) is 0 Å². The number of nitrogens with one attached hydrogen (secondary N) is 2. The molecule has 1 fully saturated rings. The molecule has 1 aromatic carbocycles. The standard InChI is InChI=1S/C15H22N2O2/c1-12-2-4-13(5-3-12)17-15(18)8-11-19-14-6-9-16-10-7-14/h2-5,14,16H,6-11H2,1H3,(H,17,18). The van der Waals surface area contributed by atoms with Crippen LogP contribution in [0.1, 0.15) is 24.8 Å². The van der Waals surface area contributed by atoms with E-state index in [1.807, 2.05) is 31.2 Å². The second-order valence-corrected chi connectivity index (χ2v) is 4.98. The van der Waals surface area contributed by atoms with Crippen molar-refractivity contribution in [3.05, 3.63) is 29.8 Å². The van der Waals surface area contributed by atoms with Gasteiger partial charge in [-0.2, -0.15) is 0 Å². The maximum absolute atomic E-state index is 11.7. The van der Waals surface area contributed by atoms with Gasteiger partial charge in [-0.15, -0.1) is 0 Å². The van der Waals surface area contributed by atoms with Crippen LogP contribution in [0.2, 0.25) is 0 Å². The molecule has 1 aromatic rings. The number of rotatable bonds is 5. The average Bonchev–Trinajstić information content (AvgIpc) is 2.43. The molecule has 1 aliphatic rings. The lowest BCUT2D eigenvalue weighted by molar-refractivity contribution is -0.117. The van der Waals surface area contributed by atoms with Crippen LogP contribution in [0.15, 0.2) is 24.3 Å². The SMILES string of the molecule is Cc1ccc(NC(=O)CCOC2CCNCC2)cc1. The lowest BCUT2D eigenvalue weighted by atomic mass is 10.1. The Morgan fingerprint density at radius 3 is 2.68 bits per heavy atom. The zero-order valence-electron chi connectivity index (χ0n) is 11.4. The van der Waals surface area contributed by atoms with E-state index in [9.17, 15) is 4.79 Å². The number of aryl methyl sites for hydroxylation is 1. The minimum atomic E-state index is 0.0118. The summed E-state index contributed by atoms with van der Waals surface area (Å²) in [6.07, 6.45) is 2.81. The maximum Gasteiger partial charge on any atom is 0.226 e. The Labute approximate surface area is 114 Å². The Morgan fingerprint density at radius 2 is 2.00 bits per heavy atom. The number of benzene rings is 1. The third-order valence-corrected chi connectivity index (χ3v) is 3.30. The van der Waals surface area contributed by atoms with Crippen molar-refractivity contribution in [1.29, 1.82) is 0 Å². The number of piperidine rings is 1. The molecule has 1 heterocycles. The third-order valence-electron chi connectivity index (χ3n) is 3.30. The van der Waals surface area contributed by atoms with Gasteiger partial charge in [-0.25, -0.2) is 0 Å². The molecule has 0 unspecified atom stereocenters. The summed E-state index contributed by atoms with van der Waals surface area (Å²) in [6, 6.07) is 7.81. The van der Waals surface area contributed by atoms with Crippen molar-refractivity contribution in [2.45, 2.75) is 32.3 Å². The first-order valence-corrected chi connectivity index (χ1v) is 6.93. The largest absolute Gasteiger partial charge is 0.378 e. The number of carbonyl (C=O) groups excluding carboxylic acids is 1. The van der Waals surface area contributed by atoms with E-state index in [1.54, 1.807) is 0 Å². The molecule has 1 aliphatic heterocycles. The van der Waals surface area contributed by atoms with Crippen LogP contribution in [0.3, 0.4) is 0 Å². The molecule has 4 heteroatoms. The van der Waals surface area contributed by atoms with Crippen LogP contribution in [0.4, 0.5) is 5.69 Å². The zero-order chi connectivity index (χ0) is 13.5. The molecule has 4 nitrogen and oxygen atoms in total. The number of hydrogen-bond acceptors (Lipinski definition) is 3. The quantitative estimate of drug-likeness (QED) is 0.854. The highest BCUT2D eigenvalue weighted by Gasteiger charge is 2.13. The first-order chi connectivity index (χ1) is 9.24. The Bertz CT molecular complexity index is 397. The molecule has 0 aliphatic carbocycles. The highest BCUT2D eigenvalue weighted by molar-refractivity contribution is 5.90. The van der Waals surface area contributed by atoms with Gasteiger partial charge in [0.1, 0.15) is 0 Å². The van der Waals surface area contributed by atoms with E-state index in [0.717, 1.165) is 31.6 Å². The topological polar surface area (TPSA) is 50.4 Å². The fourth-order valence-corrected chi connectivity index (χ4v) is 2.14. The van der Waals surface area contributed by atoms with E-state index in [1.165, 1.54) is 5.56 Å². The molecule has 2 N–H and O–H groups in total. The van der Waals surface area contributed by atoms with E-state index in [0.29, 0.717) is 19.1 Å². The average molecular weight is 262 g/mol. The number of carbonyl (C=O) groups is 1. The summed E-state index contributed by atoms with van der Waals surface area (Å²) in [7, 11) is 0. The van der Waals surface area contributed by atoms with Gasteiger partial charge in [0.2, 0.25) is 5.91 Å². The lowest BCUT2D eigenvalue weighted by Gasteiger charge is -2.22. The predicted octanol–water partition coefficient (Wildman–Crippen LogP) is 2.09. The molecular formula is C15H22N2O2. The molecule has 19 heavy (non-hydrogen) atoms. The molecule has 0 spiro atoms. The summed E-state index contributed by atoms with van der Waals surface area (Å²) in [5, 5.41) is 6.17. The lowest BCUT2D eigenvalue weighted by Crippen LogP contribution is -2.33. The fourth-order valence-electron chi connectivity index (χ4n) is 2.14. The molecule has 1 amide bonds. The van der Waals surface area contributed by atoms with Crippen LogP contribution < -0.4 is 10.6 Å². The summed E-state index contributed by atoms with van der Waals surface area (Å²) in [4.78, 5) is 11.7. The fraction of sp³-hybridized carbons (Fsp3) is 0.533. The van der Waals surface area contributed by atoms with Crippen LogP contribution in [0.5, 0.6) is 0 Å². The molecule has 1 saturated heterocycles. The van der Waals surface area contributed by atoms with Gasteiger partial charge in [-0.3, -0.25) is 4.79 Å². The van der Waals surface area contributed by atoms with E-state index in [2.05, 4.69) is 10.6 Å². The molecular weight excluding hydrogens is 240 g/mol. The number of amides is 1. The predicted molar refractivity (Wildman–Crippen MR) is 76.3 cm³/mol. The van der Waals surface area contributed by atoms with E-state index in [-0.39, 0.29) is 5.91 Å². The van der Waals surface area contributed by atoms with Gasteiger partial charge in [-0.05, 0) is 45.0 Å². The summed E-state index contributed by atoms with van der Waals surface area (Å²) in [5.74, 6) is 0.0118. The van der Waals surface area contributed by atoms with Crippen molar-refractivity contribution in [3.63, 3.8) is 0 Å². The Hall–Kier alpha value is -1.39. The Balaban J connectivity index is 1.65. The van der Waals surface area contributed by atoms with Crippen LogP contribution >= 0.6 is 0 Å². The van der Waals surface area contributed by atoms with Gasteiger partial charge >= 0.3 is 0 Å². The highest BCUT2D eigenvalue weighted by Crippen LogP contribution is 2.10. The van der Waals surface area contributed by atoms with Crippen molar-refractivity contribution in [2.24, 2.45) is 0 Å². The first kappa shape index (κ1) is 14.0. The van der Waals surface area contributed by atoms with Crippen LogP contribution in [-0.2, 0) is 9.53 Å². The summed E-state index contributed by atoms with van der Waals surface area (Å²) >= 11 is 0. The van der Waals surface area contributed by atoms with Gasteiger partial charge in [0.25, 0.3) is 0 Å². The van der Waals surface area contributed by atoms with E-state index in [4.69, 9.17) is 4.74 Å². The van der Waals surface area contributed by atoms with Gasteiger partial charge in [0.05, 0.1) is 19.1 Å². The molecule has 0 saturated carbocycles. The Morgan fingerprint density at radius 1 is 1.32 bits per heavy atom. The van der Waals surface area contributed by atoms with Crippen molar-refractivity contribution in [1.82, 2.24) is 5.32 Å². The molecule has 0 aromatic heterocycles. The molecule has 0 radical (unpaired) electrons. The summed E-state index contributed by atoms with van der Waals surface area (Å²) in [6.45, 7) is 4.56. The van der Waals surface area contributed by atoms with Crippen molar-refractivity contribution < 1.29 is 9.53 Å².